The lowest BCUT2D eigenvalue weighted by Gasteiger charge is -2.09. The van der Waals surface area contributed by atoms with Gasteiger partial charge < -0.3 is 9.47 Å². The fourth-order valence-electron chi connectivity index (χ4n) is 2.29. The summed E-state index contributed by atoms with van der Waals surface area (Å²) >= 11 is 0. The summed E-state index contributed by atoms with van der Waals surface area (Å²) < 4.78 is 23.7. The molecule has 0 atom stereocenters. The first-order valence-corrected chi connectivity index (χ1v) is 9.10. The number of rotatable bonds is 9. The predicted octanol–water partition coefficient (Wildman–Crippen LogP) is 2.19. The number of hydrogen-bond acceptors (Lipinski definition) is 6. The van der Waals surface area contributed by atoms with Gasteiger partial charge in [-0.3, -0.25) is 30.0 Å². The number of ketones is 1. The van der Waals surface area contributed by atoms with Gasteiger partial charge in [0.1, 0.15) is 11.6 Å². The second-order valence-corrected chi connectivity index (χ2v) is 6.18. The van der Waals surface area contributed by atoms with E-state index in [0.717, 1.165) is 6.07 Å². The van der Waals surface area contributed by atoms with E-state index in [9.17, 15) is 23.6 Å². The summed E-state index contributed by atoms with van der Waals surface area (Å²) in [5.41, 5.74) is 4.41. The summed E-state index contributed by atoms with van der Waals surface area (Å²) in [4.78, 5) is 46.2. The van der Waals surface area contributed by atoms with Crippen LogP contribution in [-0.4, -0.2) is 36.8 Å². The van der Waals surface area contributed by atoms with Crippen molar-refractivity contribution in [2.24, 2.45) is 0 Å². The van der Waals surface area contributed by atoms with Crippen molar-refractivity contribution in [3.63, 3.8) is 0 Å². The van der Waals surface area contributed by atoms with E-state index >= 15 is 0 Å². The smallest absolute Gasteiger partial charge is 0.306 e. The first-order valence-electron chi connectivity index (χ1n) is 9.10. The van der Waals surface area contributed by atoms with Crippen LogP contribution in [0.15, 0.2) is 48.5 Å². The number of benzene rings is 2. The Kier molecular flexibility index (Phi) is 8.49. The zero-order chi connectivity index (χ0) is 21.9. The highest BCUT2D eigenvalue weighted by Crippen LogP contribution is 2.13. The summed E-state index contributed by atoms with van der Waals surface area (Å²) in [7, 11) is 0. The average molecular weight is 416 g/mol. The van der Waals surface area contributed by atoms with Crippen LogP contribution >= 0.6 is 0 Å². The molecular formula is C21H21FN2O6. The lowest BCUT2D eigenvalue weighted by Crippen LogP contribution is -2.43. The molecule has 0 aromatic heterocycles. The first kappa shape index (κ1) is 22.5. The van der Waals surface area contributed by atoms with Crippen molar-refractivity contribution in [3.05, 3.63) is 65.5 Å². The molecule has 0 fully saturated rings. The molecule has 30 heavy (non-hydrogen) atoms. The van der Waals surface area contributed by atoms with Gasteiger partial charge in [0.05, 0.1) is 12.2 Å². The molecule has 0 aliphatic rings. The van der Waals surface area contributed by atoms with Crippen LogP contribution in [0.25, 0.3) is 0 Å². The van der Waals surface area contributed by atoms with Gasteiger partial charge in [0.15, 0.2) is 12.4 Å². The van der Waals surface area contributed by atoms with Gasteiger partial charge in [0.25, 0.3) is 11.8 Å². The fraction of sp³-hybridized carbons (Fsp3) is 0.238. The molecule has 0 saturated carbocycles. The molecule has 0 aliphatic heterocycles. The van der Waals surface area contributed by atoms with Gasteiger partial charge in [-0.1, -0.05) is 12.1 Å². The topological polar surface area (TPSA) is 111 Å². The molecule has 0 aliphatic carbocycles. The Balaban J connectivity index is 1.60. The van der Waals surface area contributed by atoms with Gasteiger partial charge in [0.2, 0.25) is 0 Å². The molecule has 2 aromatic rings. The normalized spacial score (nSPS) is 10.1. The van der Waals surface area contributed by atoms with Crippen LogP contribution in [0.2, 0.25) is 0 Å². The van der Waals surface area contributed by atoms with E-state index in [0.29, 0.717) is 17.7 Å². The van der Waals surface area contributed by atoms with Crippen LogP contribution in [0.4, 0.5) is 4.39 Å². The Hall–Kier alpha value is -3.75. The highest BCUT2D eigenvalue weighted by molar-refractivity contribution is 5.95. The van der Waals surface area contributed by atoms with Crippen molar-refractivity contribution >= 4 is 23.6 Å². The minimum atomic E-state index is -0.832. The second kappa shape index (κ2) is 11.3. The Morgan fingerprint density at radius 2 is 1.67 bits per heavy atom. The standard InChI is InChI=1S/C21H21FN2O6/c1-14(25)15-8-10-16(11-9-15)29-12-4-7-20(27)30-13-19(26)23-24-21(28)17-5-2-3-6-18(17)22/h2-3,5-6,8-11H,4,7,12-13H2,1H3,(H,23,26)(H,24,28). The van der Waals surface area contributed by atoms with E-state index in [1.54, 1.807) is 24.3 Å². The highest BCUT2D eigenvalue weighted by atomic mass is 19.1. The highest BCUT2D eigenvalue weighted by Gasteiger charge is 2.12. The van der Waals surface area contributed by atoms with Gasteiger partial charge in [0, 0.05) is 12.0 Å². The zero-order valence-corrected chi connectivity index (χ0v) is 16.3. The quantitative estimate of drug-likeness (QED) is 0.281. The molecule has 8 nitrogen and oxygen atoms in total. The molecular weight excluding hydrogens is 395 g/mol. The third kappa shape index (κ3) is 7.34. The predicted molar refractivity (Wildman–Crippen MR) is 104 cm³/mol. The summed E-state index contributed by atoms with van der Waals surface area (Å²) in [6.45, 7) is 1.13. The summed E-state index contributed by atoms with van der Waals surface area (Å²) in [6.07, 6.45) is 0.388. The van der Waals surface area contributed by atoms with Gasteiger partial charge in [-0.25, -0.2) is 4.39 Å². The van der Waals surface area contributed by atoms with E-state index in [-0.39, 0.29) is 24.4 Å². The largest absolute Gasteiger partial charge is 0.494 e. The monoisotopic (exact) mass is 416 g/mol. The molecule has 9 heteroatoms. The van der Waals surface area contributed by atoms with Gasteiger partial charge in [-0.05, 0) is 49.7 Å². The number of carbonyl (C=O) groups is 4. The SMILES string of the molecule is CC(=O)c1ccc(OCCCC(=O)OCC(=O)NNC(=O)c2ccccc2F)cc1. The third-order valence-corrected chi connectivity index (χ3v) is 3.85. The Bertz CT molecular complexity index is 914. The van der Waals surface area contributed by atoms with Crippen LogP contribution < -0.4 is 15.6 Å². The molecule has 0 heterocycles. The van der Waals surface area contributed by atoms with Crippen LogP contribution in [-0.2, 0) is 14.3 Å². The molecule has 158 valence electrons. The number of hydrogen-bond donors (Lipinski definition) is 2. The van der Waals surface area contributed by atoms with E-state index in [2.05, 4.69) is 0 Å². The van der Waals surface area contributed by atoms with Gasteiger partial charge in [-0.15, -0.1) is 0 Å². The number of carbonyl (C=O) groups excluding carboxylic acids is 4. The maximum atomic E-state index is 13.5. The molecule has 0 spiro atoms. The minimum absolute atomic E-state index is 0.0282. The third-order valence-electron chi connectivity index (χ3n) is 3.85. The number of halogens is 1. The van der Waals surface area contributed by atoms with Crippen molar-refractivity contribution in [1.82, 2.24) is 10.9 Å². The molecule has 2 amide bonds. The van der Waals surface area contributed by atoms with Crippen LogP contribution in [0.5, 0.6) is 5.75 Å². The molecule has 0 unspecified atom stereocenters. The molecule has 2 N–H and O–H groups in total. The first-order chi connectivity index (χ1) is 14.4. The van der Waals surface area contributed by atoms with E-state index in [4.69, 9.17) is 9.47 Å². The van der Waals surface area contributed by atoms with Gasteiger partial charge in [-0.2, -0.15) is 0 Å². The molecule has 0 saturated heterocycles. The van der Waals surface area contributed by atoms with E-state index in [1.807, 2.05) is 10.9 Å². The minimum Gasteiger partial charge on any atom is -0.494 e. The summed E-state index contributed by atoms with van der Waals surface area (Å²) in [6, 6.07) is 11.9. The number of Topliss-reactive ketones (excluding diaryl/α,β-unsaturated/α-hetero) is 1. The lowest BCUT2D eigenvalue weighted by atomic mass is 10.1. The van der Waals surface area contributed by atoms with Gasteiger partial charge >= 0.3 is 5.97 Å². The maximum absolute atomic E-state index is 13.5. The van der Waals surface area contributed by atoms with Crippen molar-refractivity contribution < 1.29 is 33.0 Å². The lowest BCUT2D eigenvalue weighted by molar-refractivity contribution is -0.148. The molecule has 2 aromatic carbocycles. The number of esters is 1. The average Bonchev–Trinajstić information content (AvgIpc) is 2.74. The number of ether oxygens (including phenoxy) is 2. The second-order valence-electron chi connectivity index (χ2n) is 6.18. The van der Waals surface area contributed by atoms with E-state index < -0.39 is 30.2 Å². The number of hydrazine groups is 1. The molecule has 0 bridgehead atoms. The Morgan fingerprint density at radius 3 is 2.33 bits per heavy atom. The Labute approximate surface area is 172 Å². The summed E-state index contributed by atoms with van der Waals surface area (Å²) in [5, 5.41) is 0. The van der Waals surface area contributed by atoms with Crippen molar-refractivity contribution in [2.75, 3.05) is 13.2 Å². The van der Waals surface area contributed by atoms with Crippen molar-refractivity contribution in [3.8, 4) is 5.75 Å². The number of amides is 2. The summed E-state index contributed by atoms with van der Waals surface area (Å²) in [5.74, 6) is -2.41. The van der Waals surface area contributed by atoms with Crippen LogP contribution in [0.3, 0.4) is 0 Å². The number of nitrogens with one attached hydrogen (secondary N) is 2. The fourth-order valence-corrected chi connectivity index (χ4v) is 2.29. The van der Waals surface area contributed by atoms with Crippen LogP contribution in [0, 0.1) is 5.82 Å². The maximum Gasteiger partial charge on any atom is 0.306 e. The Morgan fingerprint density at radius 1 is 0.967 bits per heavy atom. The van der Waals surface area contributed by atoms with E-state index in [1.165, 1.54) is 25.1 Å². The molecule has 0 radical (unpaired) electrons. The molecule has 2 rings (SSSR count). The van der Waals surface area contributed by atoms with Crippen molar-refractivity contribution in [1.29, 1.82) is 0 Å². The zero-order valence-electron chi connectivity index (χ0n) is 16.3. The van der Waals surface area contributed by atoms with Crippen LogP contribution in [0.1, 0.15) is 40.5 Å². The van der Waals surface area contributed by atoms with Crippen molar-refractivity contribution in [2.45, 2.75) is 19.8 Å².